The second-order valence-electron chi connectivity index (χ2n) is 5.61. The van der Waals surface area contributed by atoms with Crippen molar-refractivity contribution in [3.63, 3.8) is 0 Å². The van der Waals surface area contributed by atoms with Crippen LogP contribution >= 0.6 is 11.3 Å². The molecule has 21 heavy (non-hydrogen) atoms. The number of hydrogen-bond acceptors (Lipinski definition) is 5. The fourth-order valence-electron chi connectivity index (χ4n) is 2.52. The molecule has 1 saturated carbocycles. The second-order valence-corrected chi connectivity index (χ2v) is 8.44. The lowest BCUT2D eigenvalue weighted by Gasteiger charge is -2.17. The van der Waals surface area contributed by atoms with Gasteiger partial charge in [0.15, 0.2) is 15.8 Å². The van der Waals surface area contributed by atoms with E-state index in [4.69, 9.17) is 0 Å². The fraction of sp³-hybridized carbons (Fsp3) is 0.615. The summed E-state index contributed by atoms with van der Waals surface area (Å²) in [6.07, 6.45) is 2.87. The smallest absolute Gasteiger partial charge is 0.262 e. The van der Waals surface area contributed by atoms with Gasteiger partial charge in [-0.15, -0.1) is 11.3 Å². The lowest BCUT2D eigenvalue weighted by Crippen LogP contribution is -2.30. The van der Waals surface area contributed by atoms with Crippen molar-refractivity contribution < 1.29 is 8.42 Å². The summed E-state index contributed by atoms with van der Waals surface area (Å²) in [5.41, 5.74) is 0. The van der Waals surface area contributed by atoms with Crippen molar-refractivity contribution in [1.29, 1.82) is 0 Å². The van der Waals surface area contributed by atoms with Crippen LogP contribution in [0.4, 0.5) is 5.82 Å². The van der Waals surface area contributed by atoms with Gasteiger partial charge in [-0.25, -0.2) is 13.4 Å². The molecule has 1 N–H and O–H groups in total. The summed E-state index contributed by atoms with van der Waals surface area (Å²) in [6, 6.07) is 0. The highest BCUT2D eigenvalue weighted by atomic mass is 32.2. The molecule has 0 spiro atoms. The first-order valence-corrected chi connectivity index (χ1v) is 9.43. The summed E-state index contributed by atoms with van der Waals surface area (Å²) < 4.78 is 28.9. The van der Waals surface area contributed by atoms with E-state index in [1.54, 1.807) is 17.6 Å². The Morgan fingerprint density at radius 3 is 2.90 bits per heavy atom. The Labute approximate surface area is 128 Å². The number of aromatic nitrogens is 2. The third-order valence-electron chi connectivity index (χ3n) is 3.98. The van der Waals surface area contributed by atoms with Crippen molar-refractivity contribution in [3.05, 3.63) is 11.6 Å². The zero-order valence-corrected chi connectivity index (χ0v) is 14.0. The van der Waals surface area contributed by atoms with Gasteiger partial charge in [-0.05, 0) is 25.2 Å². The molecule has 1 fully saturated rings. The third-order valence-corrected chi connectivity index (χ3v) is 6.59. The van der Waals surface area contributed by atoms with E-state index in [0.29, 0.717) is 35.7 Å². The molecule has 8 heteroatoms. The number of fused-ring (bicyclic) bond motifs is 1. The minimum absolute atomic E-state index is 0.247. The number of imidazole rings is 1. The molecule has 0 amide bonds. The highest BCUT2D eigenvalue weighted by Gasteiger charge is 2.38. The molecule has 3 rings (SSSR count). The molecule has 0 aromatic carbocycles. The van der Waals surface area contributed by atoms with Crippen LogP contribution in [0.1, 0.15) is 20.3 Å². The van der Waals surface area contributed by atoms with E-state index in [-0.39, 0.29) is 5.03 Å². The van der Waals surface area contributed by atoms with E-state index in [1.165, 1.54) is 15.6 Å². The summed E-state index contributed by atoms with van der Waals surface area (Å²) in [7, 11) is -1.89. The molecule has 0 radical (unpaired) electrons. The van der Waals surface area contributed by atoms with E-state index < -0.39 is 10.0 Å². The van der Waals surface area contributed by atoms with Crippen molar-refractivity contribution in [1.82, 2.24) is 13.7 Å². The number of nitrogens with zero attached hydrogens (tertiary/aromatic N) is 3. The van der Waals surface area contributed by atoms with Crippen molar-refractivity contribution in [3.8, 4) is 0 Å². The van der Waals surface area contributed by atoms with Crippen LogP contribution in [-0.4, -0.2) is 42.2 Å². The molecule has 116 valence electrons. The van der Waals surface area contributed by atoms with Gasteiger partial charge < -0.3 is 5.32 Å². The van der Waals surface area contributed by atoms with Gasteiger partial charge in [0.25, 0.3) is 10.0 Å². The first-order chi connectivity index (χ1) is 9.95. The normalized spacial score (nSPS) is 22.1. The maximum atomic E-state index is 12.9. The molecule has 2 atom stereocenters. The molecule has 1 aliphatic rings. The third kappa shape index (κ3) is 2.56. The lowest BCUT2D eigenvalue weighted by molar-refractivity contribution is 0.442. The highest BCUT2D eigenvalue weighted by Crippen LogP contribution is 2.39. The van der Waals surface area contributed by atoms with Gasteiger partial charge in [0.2, 0.25) is 0 Å². The summed E-state index contributed by atoms with van der Waals surface area (Å²) in [6.45, 7) is 5.30. The average Bonchev–Trinajstić information content (AvgIpc) is 2.82. The number of rotatable bonds is 6. The Bertz CT molecular complexity index is 749. The molecule has 0 aliphatic heterocycles. The minimum Gasteiger partial charge on any atom is -0.368 e. The number of anilines is 1. The highest BCUT2D eigenvalue weighted by molar-refractivity contribution is 7.89. The zero-order chi connectivity index (χ0) is 15.2. The number of hydrogen-bond donors (Lipinski definition) is 1. The van der Waals surface area contributed by atoms with Crippen LogP contribution in [0.15, 0.2) is 16.6 Å². The van der Waals surface area contributed by atoms with Gasteiger partial charge in [-0.1, -0.05) is 6.92 Å². The molecule has 2 unspecified atom stereocenters. The molecule has 1 aliphatic carbocycles. The fourth-order valence-corrected chi connectivity index (χ4v) is 4.74. The maximum Gasteiger partial charge on any atom is 0.262 e. The van der Waals surface area contributed by atoms with E-state index in [9.17, 15) is 8.42 Å². The molecular formula is C13H20N4O2S2. The van der Waals surface area contributed by atoms with Crippen LogP contribution in [0.3, 0.4) is 0 Å². The van der Waals surface area contributed by atoms with E-state index in [0.717, 1.165) is 6.42 Å². The Hall–Kier alpha value is -1.12. The van der Waals surface area contributed by atoms with Gasteiger partial charge in [0.05, 0.1) is 0 Å². The molecule has 2 aromatic heterocycles. The van der Waals surface area contributed by atoms with Gasteiger partial charge in [0.1, 0.15) is 0 Å². The van der Waals surface area contributed by atoms with Crippen LogP contribution < -0.4 is 5.32 Å². The quantitative estimate of drug-likeness (QED) is 0.882. The summed E-state index contributed by atoms with van der Waals surface area (Å²) in [5.74, 6) is 1.56. The first-order valence-electron chi connectivity index (χ1n) is 7.11. The van der Waals surface area contributed by atoms with Gasteiger partial charge in [0, 0.05) is 31.7 Å². The van der Waals surface area contributed by atoms with Gasteiger partial charge >= 0.3 is 0 Å². The summed E-state index contributed by atoms with van der Waals surface area (Å²) in [4.78, 5) is 5.08. The van der Waals surface area contributed by atoms with E-state index >= 15 is 0 Å². The summed E-state index contributed by atoms with van der Waals surface area (Å²) in [5, 5.41) is 5.15. The van der Waals surface area contributed by atoms with Gasteiger partial charge in [-0.2, -0.15) is 4.31 Å². The molecular weight excluding hydrogens is 308 g/mol. The van der Waals surface area contributed by atoms with Crippen LogP contribution in [-0.2, 0) is 10.0 Å². The number of sulfonamides is 1. The molecule has 0 bridgehead atoms. The van der Waals surface area contributed by atoms with Gasteiger partial charge in [-0.3, -0.25) is 4.40 Å². The van der Waals surface area contributed by atoms with Crippen molar-refractivity contribution in [2.45, 2.75) is 25.3 Å². The standard InChI is InChI=1S/C13H20N4O2S2/c1-4-14-11-12(17-5-6-20-13(17)15-11)21(18,19)16(3)8-10-7-9(10)2/h5-6,9-10,14H,4,7-8H2,1-3H3. The lowest BCUT2D eigenvalue weighted by atomic mass is 10.3. The Kier molecular flexibility index (Phi) is 3.71. The van der Waals surface area contributed by atoms with E-state index in [1.807, 2.05) is 12.3 Å². The first kappa shape index (κ1) is 14.8. The monoisotopic (exact) mass is 328 g/mol. The topological polar surface area (TPSA) is 66.7 Å². The minimum atomic E-state index is -3.55. The predicted molar refractivity (Wildman–Crippen MR) is 84.3 cm³/mol. The Balaban J connectivity index is 2.00. The largest absolute Gasteiger partial charge is 0.368 e. The second kappa shape index (κ2) is 5.26. The van der Waals surface area contributed by atoms with E-state index in [2.05, 4.69) is 17.2 Å². The molecule has 0 saturated heterocycles. The number of thiazole rings is 1. The number of nitrogens with one attached hydrogen (secondary N) is 1. The SMILES string of the molecule is CCNc1nc2sccn2c1S(=O)(=O)N(C)CC1CC1C. The van der Waals surface area contributed by atoms with Crippen LogP contribution in [0.5, 0.6) is 0 Å². The van der Waals surface area contributed by atoms with Crippen molar-refractivity contribution in [2.24, 2.45) is 11.8 Å². The van der Waals surface area contributed by atoms with Crippen LogP contribution in [0.2, 0.25) is 0 Å². The average molecular weight is 328 g/mol. The van der Waals surface area contributed by atoms with Crippen LogP contribution in [0.25, 0.3) is 4.96 Å². The van der Waals surface area contributed by atoms with Crippen molar-refractivity contribution in [2.75, 3.05) is 25.5 Å². The zero-order valence-electron chi connectivity index (χ0n) is 12.4. The predicted octanol–water partition coefficient (Wildman–Crippen LogP) is 2.10. The molecule has 2 heterocycles. The molecule has 2 aromatic rings. The Morgan fingerprint density at radius 2 is 2.29 bits per heavy atom. The molecule has 6 nitrogen and oxygen atoms in total. The Morgan fingerprint density at radius 1 is 1.57 bits per heavy atom. The maximum absolute atomic E-state index is 12.9. The van der Waals surface area contributed by atoms with Crippen LogP contribution in [0, 0.1) is 11.8 Å². The van der Waals surface area contributed by atoms with Crippen molar-refractivity contribution >= 4 is 32.1 Å². The summed E-state index contributed by atoms with van der Waals surface area (Å²) >= 11 is 1.43.